The maximum atomic E-state index is 13.0. The van der Waals surface area contributed by atoms with Crippen LogP contribution in [0.2, 0.25) is 0 Å². The van der Waals surface area contributed by atoms with Crippen LogP contribution < -0.4 is 10.6 Å². The van der Waals surface area contributed by atoms with E-state index >= 15 is 0 Å². The number of carbonyl (C=O) groups is 2. The molecular weight excluding hydrogens is 446 g/mol. The second-order valence-electron chi connectivity index (χ2n) is 8.10. The van der Waals surface area contributed by atoms with E-state index in [4.69, 9.17) is 9.15 Å². The molecule has 1 saturated heterocycles. The molecule has 0 saturated carbocycles. The van der Waals surface area contributed by atoms with E-state index < -0.39 is 27.9 Å². The molecule has 33 heavy (non-hydrogen) atoms. The molecule has 2 N–H and O–H groups in total. The van der Waals surface area contributed by atoms with Crippen molar-refractivity contribution in [3.8, 4) is 0 Å². The highest BCUT2D eigenvalue weighted by Crippen LogP contribution is 2.29. The third-order valence-electron chi connectivity index (χ3n) is 5.81. The van der Waals surface area contributed by atoms with E-state index in [9.17, 15) is 18.0 Å². The van der Waals surface area contributed by atoms with Crippen LogP contribution in [-0.2, 0) is 25.9 Å². The van der Waals surface area contributed by atoms with Crippen molar-refractivity contribution < 1.29 is 27.2 Å². The van der Waals surface area contributed by atoms with Crippen LogP contribution in [0.4, 0.5) is 4.79 Å². The lowest BCUT2D eigenvalue weighted by molar-refractivity contribution is -0.139. The fourth-order valence-electron chi connectivity index (χ4n) is 4.27. The van der Waals surface area contributed by atoms with E-state index in [0.717, 1.165) is 5.56 Å². The van der Waals surface area contributed by atoms with Gasteiger partial charge in [-0.15, -0.1) is 0 Å². The molecule has 2 aromatic rings. The Morgan fingerprint density at radius 2 is 1.97 bits per heavy atom. The molecule has 10 heteroatoms. The van der Waals surface area contributed by atoms with Gasteiger partial charge in [-0.1, -0.05) is 30.3 Å². The molecule has 2 aliphatic heterocycles. The Hall–Kier alpha value is -3.11. The molecule has 4 rings (SSSR count). The Balaban J connectivity index is 1.73. The number of amides is 2. The molecule has 0 bridgehead atoms. The number of ether oxygens (including phenoxy) is 1. The zero-order valence-corrected chi connectivity index (χ0v) is 19.1. The largest absolute Gasteiger partial charge is 0.468 e. The average Bonchev–Trinajstić information content (AvgIpc) is 3.42. The zero-order valence-electron chi connectivity index (χ0n) is 18.3. The Morgan fingerprint density at radius 3 is 2.61 bits per heavy atom. The first-order valence-corrected chi connectivity index (χ1v) is 12.7. The first kappa shape index (κ1) is 23.1. The number of furan rings is 1. The normalized spacial score (nSPS) is 22.2. The number of urea groups is 1. The summed E-state index contributed by atoms with van der Waals surface area (Å²) in [5, 5.41) is 5.58. The second kappa shape index (κ2) is 9.80. The van der Waals surface area contributed by atoms with Crippen molar-refractivity contribution >= 4 is 21.8 Å². The highest BCUT2D eigenvalue weighted by atomic mass is 32.2. The lowest BCUT2D eigenvalue weighted by atomic mass is 9.95. The van der Waals surface area contributed by atoms with Crippen LogP contribution in [-0.4, -0.2) is 56.0 Å². The summed E-state index contributed by atoms with van der Waals surface area (Å²) in [6, 6.07) is 11.4. The monoisotopic (exact) mass is 473 g/mol. The lowest BCUT2D eigenvalue weighted by Crippen LogP contribution is -2.49. The number of benzene rings is 1. The number of hydrogen-bond acceptors (Lipinski definition) is 7. The zero-order chi connectivity index (χ0) is 23.4. The number of sulfone groups is 1. The molecule has 2 atom stereocenters. The molecule has 2 amide bonds. The van der Waals surface area contributed by atoms with Gasteiger partial charge in [0.2, 0.25) is 0 Å². The summed E-state index contributed by atoms with van der Waals surface area (Å²) in [7, 11) is -3.14. The van der Waals surface area contributed by atoms with Crippen LogP contribution >= 0.6 is 0 Å². The SMILES string of the molecule is CCOC(=O)C1=C(CN(Cc2ccco2)[C@H]2CCS(=O)(=O)C2)NC(=O)N[C@H]1c1ccccc1. The fourth-order valence-corrected chi connectivity index (χ4v) is 6.03. The molecule has 3 heterocycles. The Labute approximate surface area is 192 Å². The van der Waals surface area contributed by atoms with E-state index in [1.165, 1.54) is 0 Å². The van der Waals surface area contributed by atoms with Gasteiger partial charge in [-0.3, -0.25) is 4.90 Å². The first-order chi connectivity index (χ1) is 15.9. The van der Waals surface area contributed by atoms with E-state index in [0.29, 0.717) is 30.0 Å². The summed E-state index contributed by atoms with van der Waals surface area (Å²) in [4.78, 5) is 27.5. The van der Waals surface area contributed by atoms with Gasteiger partial charge in [-0.2, -0.15) is 0 Å². The molecular formula is C23H27N3O6S. The predicted octanol–water partition coefficient (Wildman–Crippen LogP) is 2.14. The third kappa shape index (κ3) is 5.45. The molecule has 1 aromatic heterocycles. The maximum Gasteiger partial charge on any atom is 0.338 e. The van der Waals surface area contributed by atoms with Crippen LogP contribution in [0.3, 0.4) is 0 Å². The molecule has 2 aliphatic rings. The first-order valence-electron chi connectivity index (χ1n) is 10.9. The van der Waals surface area contributed by atoms with Crippen molar-refractivity contribution in [1.29, 1.82) is 0 Å². The quantitative estimate of drug-likeness (QED) is 0.564. The minimum atomic E-state index is -3.14. The van der Waals surface area contributed by atoms with Crippen molar-refractivity contribution in [2.24, 2.45) is 0 Å². The molecule has 0 spiro atoms. The van der Waals surface area contributed by atoms with Crippen molar-refractivity contribution in [2.75, 3.05) is 24.7 Å². The van der Waals surface area contributed by atoms with Gasteiger partial charge in [0.1, 0.15) is 5.76 Å². The van der Waals surface area contributed by atoms with E-state index in [2.05, 4.69) is 10.6 Å². The number of nitrogens with one attached hydrogen (secondary N) is 2. The second-order valence-corrected chi connectivity index (χ2v) is 10.3. The van der Waals surface area contributed by atoms with Gasteiger partial charge in [-0.05, 0) is 31.0 Å². The minimum Gasteiger partial charge on any atom is -0.468 e. The summed E-state index contributed by atoms with van der Waals surface area (Å²) in [6.45, 7) is 2.40. The van der Waals surface area contributed by atoms with Crippen LogP contribution in [0.15, 0.2) is 64.4 Å². The van der Waals surface area contributed by atoms with E-state index in [-0.39, 0.29) is 30.7 Å². The van der Waals surface area contributed by atoms with E-state index in [1.54, 1.807) is 19.3 Å². The molecule has 0 radical (unpaired) electrons. The highest BCUT2D eigenvalue weighted by molar-refractivity contribution is 7.91. The number of rotatable bonds is 8. The van der Waals surface area contributed by atoms with Crippen LogP contribution in [0.25, 0.3) is 0 Å². The summed E-state index contributed by atoms with van der Waals surface area (Å²) in [5.74, 6) is 0.254. The number of nitrogens with zero attached hydrogens (tertiary/aromatic N) is 1. The summed E-state index contributed by atoms with van der Waals surface area (Å²) >= 11 is 0. The van der Waals surface area contributed by atoms with Gasteiger partial charge in [0.15, 0.2) is 9.84 Å². The van der Waals surface area contributed by atoms with Gasteiger partial charge in [0.25, 0.3) is 0 Å². The summed E-state index contributed by atoms with van der Waals surface area (Å²) in [5.41, 5.74) is 1.43. The molecule has 1 fully saturated rings. The summed E-state index contributed by atoms with van der Waals surface area (Å²) in [6.07, 6.45) is 2.03. The fraction of sp³-hybridized carbons (Fsp3) is 0.391. The molecule has 0 aliphatic carbocycles. The molecule has 176 valence electrons. The standard InChI is InChI=1S/C23H27N3O6S/c1-2-31-22(27)20-19(24-23(28)25-21(20)16-7-4-3-5-8-16)14-26(13-18-9-6-11-32-18)17-10-12-33(29,30)15-17/h3-9,11,17,21H,2,10,12-15H2,1H3,(H2,24,25,28)/t17-,21-/m0/s1. The van der Waals surface area contributed by atoms with Gasteiger partial charge >= 0.3 is 12.0 Å². The number of carbonyl (C=O) groups excluding carboxylic acids is 2. The maximum absolute atomic E-state index is 13.0. The smallest absolute Gasteiger partial charge is 0.338 e. The van der Waals surface area contributed by atoms with Gasteiger partial charge in [-0.25, -0.2) is 18.0 Å². The number of hydrogen-bond donors (Lipinski definition) is 2. The number of esters is 1. The Bertz CT molecular complexity index is 1130. The minimum absolute atomic E-state index is 0.0179. The predicted molar refractivity (Wildman–Crippen MR) is 121 cm³/mol. The van der Waals surface area contributed by atoms with Crippen molar-refractivity contribution in [3.63, 3.8) is 0 Å². The third-order valence-corrected chi connectivity index (χ3v) is 7.56. The van der Waals surface area contributed by atoms with E-state index in [1.807, 2.05) is 41.3 Å². The molecule has 0 unspecified atom stereocenters. The van der Waals surface area contributed by atoms with Crippen LogP contribution in [0.1, 0.15) is 30.7 Å². The Kier molecular flexibility index (Phi) is 6.85. The van der Waals surface area contributed by atoms with Crippen molar-refractivity contribution in [1.82, 2.24) is 15.5 Å². The van der Waals surface area contributed by atoms with Crippen LogP contribution in [0.5, 0.6) is 0 Å². The highest BCUT2D eigenvalue weighted by Gasteiger charge is 2.37. The van der Waals surface area contributed by atoms with Gasteiger partial charge < -0.3 is 19.8 Å². The Morgan fingerprint density at radius 1 is 1.18 bits per heavy atom. The lowest BCUT2D eigenvalue weighted by Gasteiger charge is -2.34. The summed E-state index contributed by atoms with van der Waals surface area (Å²) < 4.78 is 35.2. The average molecular weight is 474 g/mol. The van der Waals surface area contributed by atoms with Crippen LogP contribution in [0, 0.1) is 0 Å². The van der Waals surface area contributed by atoms with Crippen molar-refractivity contribution in [3.05, 3.63) is 71.3 Å². The van der Waals surface area contributed by atoms with Gasteiger partial charge in [0, 0.05) is 18.3 Å². The molecule has 1 aromatic carbocycles. The topological polar surface area (TPSA) is 118 Å². The van der Waals surface area contributed by atoms with Crippen molar-refractivity contribution in [2.45, 2.75) is 32.0 Å². The van der Waals surface area contributed by atoms with Gasteiger partial charge in [0.05, 0.1) is 42.5 Å². The molecule has 9 nitrogen and oxygen atoms in total.